The van der Waals surface area contributed by atoms with Crippen molar-refractivity contribution in [3.8, 4) is 0 Å². The maximum Gasteiger partial charge on any atom is 0.204 e. The van der Waals surface area contributed by atoms with Crippen molar-refractivity contribution in [1.82, 2.24) is 9.97 Å². The molecule has 1 aromatic carbocycles. The number of rotatable bonds is 2. The molecule has 0 saturated carbocycles. The van der Waals surface area contributed by atoms with Crippen molar-refractivity contribution in [3.63, 3.8) is 0 Å². The summed E-state index contributed by atoms with van der Waals surface area (Å²) >= 11 is 1.63. The normalized spacial score (nSPS) is 16.0. The average molecular weight is 308 g/mol. The van der Waals surface area contributed by atoms with Crippen LogP contribution in [0.25, 0.3) is 10.2 Å². The Labute approximate surface area is 132 Å². The molecule has 2 aromatic heterocycles. The zero-order chi connectivity index (χ0) is 14.9. The van der Waals surface area contributed by atoms with E-state index in [9.17, 15) is 0 Å². The number of hydrogen-bond acceptors (Lipinski definition) is 5. The Morgan fingerprint density at radius 2 is 2.18 bits per heavy atom. The highest BCUT2D eigenvalue weighted by atomic mass is 32.1. The minimum absolute atomic E-state index is 0.830. The van der Waals surface area contributed by atoms with E-state index in [1.165, 1.54) is 15.8 Å². The molecule has 110 valence electrons. The van der Waals surface area contributed by atoms with Crippen molar-refractivity contribution in [1.29, 1.82) is 0 Å². The summed E-state index contributed by atoms with van der Waals surface area (Å²) in [5, 5.41) is 5.39. The maximum absolute atomic E-state index is 4.57. The number of nitrogens with one attached hydrogen (secondary N) is 1. The first-order valence-electron chi connectivity index (χ1n) is 7.43. The highest BCUT2D eigenvalue weighted by Crippen LogP contribution is 2.27. The molecule has 1 aliphatic rings. The van der Waals surface area contributed by atoms with E-state index in [4.69, 9.17) is 0 Å². The van der Waals surface area contributed by atoms with Crippen LogP contribution in [0.5, 0.6) is 0 Å². The fraction of sp³-hybridized carbons (Fsp3) is 0.235. The Morgan fingerprint density at radius 1 is 1.23 bits per heavy atom. The lowest BCUT2D eigenvalue weighted by atomic mass is 9.95. The number of pyridine rings is 1. The van der Waals surface area contributed by atoms with Crippen LogP contribution in [0.2, 0.25) is 0 Å². The van der Waals surface area contributed by atoms with Crippen molar-refractivity contribution < 1.29 is 0 Å². The highest BCUT2D eigenvalue weighted by molar-refractivity contribution is 7.22. The zero-order valence-corrected chi connectivity index (χ0v) is 13.2. The van der Waals surface area contributed by atoms with E-state index in [2.05, 4.69) is 51.7 Å². The Morgan fingerprint density at radius 3 is 3.14 bits per heavy atom. The van der Waals surface area contributed by atoms with Gasteiger partial charge in [0, 0.05) is 6.20 Å². The monoisotopic (exact) mass is 308 g/mol. The molecular formula is C17H16N4S. The smallest absolute Gasteiger partial charge is 0.204 e. The van der Waals surface area contributed by atoms with Gasteiger partial charge in [-0.3, -0.25) is 10.4 Å². The second-order valence-corrected chi connectivity index (χ2v) is 6.56. The van der Waals surface area contributed by atoms with Gasteiger partial charge >= 0.3 is 0 Å². The van der Waals surface area contributed by atoms with Gasteiger partial charge in [0.25, 0.3) is 0 Å². The van der Waals surface area contributed by atoms with E-state index in [0.717, 1.165) is 41.3 Å². The number of aryl methyl sites for hydroxylation is 2. The van der Waals surface area contributed by atoms with Crippen molar-refractivity contribution in [2.75, 3.05) is 5.43 Å². The SMILES string of the molecule is Cc1ccc2nc(N/N=C3\CCCc4cccnc43)sc2c1. The Hall–Kier alpha value is -2.27. The molecule has 0 unspecified atom stereocenters. The van der Waals surface area contributed by atoms with Gasteiger partial charge in [0.15, 0.2) is 0 Å². The first kappa shape index (κ1) is 13.4. The molecule has 0 saturated heterocycles. The van der Waals surface area contributed by atoms with E-state index in [-0.39, 0.29) is 0 Å². The standard InChI is InChI=1S/C17H16N4S/c1-11-7-8-13-15(10-11)22-17(19-13)21-20-14-6-2-4-12-5-3-9-18-16(12)14/h3,5,7-10H,2,4,6H2,1H3,(H,19,21)/b20-14+. The first-order chi connectivity index (χ1) is 10.8. The number of hydrogen-bond donors (Lipinski definition) is 1. The fourth-order valence-corrected chi connectivity index (χ4v) is 3.68. The van der Waals surface area contributed by atoms with Gasteiger partial charge in [-0.05, 0) is 55.5 Å². The average Bonchev–Trinajstić information content (AvgIpc) is 2.95. The van der Waals surface area contributed by atoms with Crippen LogP contribution >= 0.6 is 11.3 Å². The molecule has 1 N–H and O–H groups in total. The molecule has 0 radical (unpaired) electrons. The lowest BCUT2D eigenvalue weighted by Gasteiger charge is -2.15. The predicted octanol–water partition coefficient (Wildman–Crippen LogP) is 4.15. The fourth-order valence-electron chi connectivity index (χ4n) is 2.77. The Bertz CT molecular complexity index is 866. The summed E-state index contributed by atoms with van der Waals surface area (Å²) in [6.07, 6.45) is 5.00. The van der Waals surface area contributed by atoms with Crippen molar-refractivity contribution in [3.05, 3.63) is 53.3 Å². The van der Waals surface area contributed by atoms with E-state index < -0.39 is 0 Å². The quantitative estimate of drug-likeness (QED) is 0.723. The third-order valence-electron chi connectivity index (χ3n) is 3.85. The molecule has 0 spiro atoms. The summed E-state index contributed by atoms with van der Waals surface area (Å²) in [5.41, 5.74) is 8.72. The van der Waals surface area contributed by atoms with Crippen LogP contribution < -0.4 is 5.43 Å². The highest BCUT2D eigenvalue weighted by Gasteiger charge is 2.16. The molecule has 3 aromatic rings. The molecule has 0 fully saturated rings. The van der Waals surface area contributed by atoms with E-state index >= 15 is 0 Å². The molecule has 5 heteroatoms. The minimum Gasteiger partial charge on any atom is -0.255 e. The summed E-state index contributed by atoms with van der Waals surface area (Å²) in [7, 11) is 0. The van der Waals surface area contributed by atoms with Gasteiger partial charge in [-0.15, -0.1) is 0 Å². The number of anilines is 1. The van der Waals surface area contributed by atoms with Gasteiger partial charge in [0.2, 0.25) is 5.13 Å². The number of thiazole rings is 1. The molecule has 2 heterocycles. The van der Waals surface area contributed by atoms with Crippen LogP contribution in [0, 0.1) is 6.92 Å². The lowest BCUT2D eigenvalue weighted by Crippen LogP contribution is -2.15. The summed E-state index contributed by atoms with van der Waals surface area (Å²) in [6.45, 7) is 2.09. The van der Waals surface area contributed by atoms with Crippen LogP contribution in [0.3, 0.4) is 0 Å². The molecule has 4 nitrogen and oxygen atoms in total. The van der Waals surface area contributed by atoms with Crippen molar-refractivity contribution in [2.45, 2.75) is 26.2 Å². The molecular weight excluding hydrogens is 292 g/mol. The third-order valence-corrected chi connectivity index (χ3v) is 4.78. The van der Waals surface area contributed by atoms with Gasteiger partial charge in [-0.25, -0.2) is 4.98 Å². The number of aromatic nitrogens is 2. The third kappa shape index (κ3) is 2.48. The summed E-state index contributed by atoms with van der Waals surface area (Å²) < 4.78 is 1.19. The van der Waals surface area contributed by atoms with E-state index in [1.54, 1.807) is 11.3 Å². The van der Waals surface area contributed by atoms with Crippen LogP contribution in [0.4, 0.5) is 5.13 Å². The largest absolute Gasteiger partial charge is 0.255 e. The second-order valence-electron chi connectivity index (χ2n) is 5.53. The molecule has 4 rings (SSSR count). The number of nitrogens with zero attached hydrogens (tertiary/aromatic N) is 3. The molecule has 0 bridgehead atoms. The number of benzene rings is 1. The molecule has 0 amide bonds. The van der Waals surface area contributed by atoms with Crippen molar-refractivity contribution >= 4 is 32.4 Å². The van der Waals surface area contributed by atoms with E-state index in [0.29, 0.717) is 0 Å². The molecule has 1 aliphatic carbocycles. The zero-order valence-electron chi connectivity index (χ0n) is 12.3. The Kier molecular flexibility index (Phi) is 3.35. The number of hydrazone groups is 1. The van der Waals surface area contributed by atoms with Gasteiger partial charge in [0.1, 0.15) is 0 Å². The summed E-state index contributed by atoms with van der Waals surface area (Å²) in [5.74, 6) is 0. The van der Waals surface area contributed by atoms with Crippen LogP contribution in [-0.2, 0) is 6.42 Å². The minimum atomic E-state index is 0.830. The Balaban J connectivity index is 1.63. The van der Waals surface area contributed by atoms with Gasteiger partial charge < -0.3 is 0 Å². The van der Waals surface area contributed by atoms with Gasteiger partial charge in [-0.2, -0.15) is 5.10 Å². The van der Waals surface area contributed by atoms with E-state index in [1.807, 2.05) is 12.3 Å². The topological polar surface area (TPSA) is 50.2 Å². The first-order valence-corrected chi connectivity index (χ1v) is 8.25. The van der Waals surface area contributed by atoms with Crippen LogP contribution in [0.15, 0.2) is 41.6 Å². The predicted molar refractivity (Wildman–Crippen MR) is 91.7 cm³/mol. The molecule has 22 heavy (non-hydrogen) atoms. The summed E-state index contributed by atoms with van der Waals surface area (Å²) in [6, 6.07) is 10.4. The maximum atomic E-state index is 4.57. The number of fused-ring (bicyclic) bond motifs is 2. The summed E-state index contributed by atoms with van der Waals surface area (Å²) in [4.78, 5) is 9.05. The van der Waals surface area contributed by atoms with Crippen LogP contribution in [0.1, 0.15) is 29.7 Å². The second kappa shape index (κ2) is 5.50. The van der Waals surface area contributed by atoms with Crippen LogP contribution in [-0.4, -0.2) is 15.7 Å². The lowest BCUT2D eigenvalue weighted by molar-refractivity contribution is 0.824. The molecule has 0 aliphatic heterocycles. The van der Waals surface area contributed by atoms with Gasteiger partial charge in [-0.1, -0.05) is 23.5 Å². The molecule has 0 atom stereocenters. The van der Waals surface area contributed by atoms with Gasteiger partial charge in [0.05, 0.1) is 21.6 Å². The van der Waals surface area contributed by atoms with Crippen molar-refractivity contribution in [2.24, 2.45) is 5.10 Å².